The summed E-state index contributed by atoms with van der Waals surface area (Å²) in [5.74, 6) is 0.475. The maximum atomic E-state index is 5.66. The summed E-state index contributed by atoms with van der Waals surface area (Å²) in [6, 6.07) is 0. The van der Waals surface area contributed by atoms with Crippen molar-refractivity contribution in [3.05, 3.63) is 12.2 Å². The van der Waals surface area contributed by atoms with Crippen molar-refractivity contribution in [3.8, 4) is 0 Å². The van der Waals surface area contributed by atoms with E-state index < -0.39 is 0 Å². The standard InChI is InChI=1S/C11H24N4O.HI/c1-10(2)9-14-11(12)13-5-6-15(3)7-8-16-4;/h1,5-9H2,2-4H3,(H3,12,13,14);1H. The summed E-state index contributed by atoms with van der Waals surface area (Å²) >= 11 is 0. The van der Waals surface area contributed by atoms with Crippen molar-refractivity contribution >= 4 is 29.9 Å². The van der Waals surface area contributed by atoms with Gasteiger partial charge in [-0.3, -0.25) is 0 Å². The third-order valence-electron chi connectivity index (χ3n) is 2.00. The highest BCUT2D eigenvalue weighted by atomic mass is 127. The molecule has 0 radical (unpaired) electrons. The Morgan fingerprint density at radius 3 is 2.65 bits per heavy atom. The first-order chi connectivity index (χ1) is 7.56. The monoisotopic (exact) mass is 356 g/mol. The lowest BCUT2D eigenvalue weighted by Gasteiger charge is -2.16. The molecule has 5 nitrogen and oxygen atoms in total. The largest absolute Gasteiger partial charge is 0.383 e. The average molecular weight is 356 g/mol. The van der Waals surface area contributed by atoms with Gasteiger partial charge in [-0.2, -0.15) is 0 Å². The van der Waals surface area contributed by atoms with Crippen LogP contribution in [0, 0.1) is 0 Å². The number of rotatable bonds is 8. The molecule has 0 aliphatic heterocycles. The van der Waals surface area contributed by atoms with E-state index in [-0.39, 0.29) is 24.0 Å². The van der Waals surface area contributed by atoms with Crippen LogP contribution in [0.4, 0.5) is 0 Å². The number of halogens is 1. The van der Waals surface area contributed by atoms with Crippen LogP contribution in [-0.2, 0) is 4.74 Å². The maximum Gasteiger partial charge on any atom is 0.188 e. The molecule has 0 aromatic rings. The zero-order valence-corrected chi connectivity index (χ0v) is 13.4. The van der Waals surface area contributed by atoms with Crippen molar-refractivity contribution in [2.75, 3.05) is 46.9 Å². The Labute approximate surface area is 122 Å². The summed E-state index contributed by atoms with van der Waals surface area (Å²) in [5, 5.41) is 3.05. The lowest BCUT2D eigenvalue weighted by molar-refractivity contribution is 0.162. The fourth-order valence-electron chi connectivity index (χ4n) is 1.01. The van der Waals surface area contributed by atoms with Crippen LogP contribution in [0.15, 0.2) is 17.1 Å². The average Bonchev–Trinajstić information content (AvgIpc) is 2.23. The lowest BCUT2D eigenvalue weighted by Crippen LogP contribution is -2.38. The van der Waals surface area contributed by atoms with Crippen LogP contribution in [0.5, 0.6) is 0 Å². The topological polar surface area (TPSA) is 62.9 Å². The van der Waals surface area contributed by atoms with Crippen LogP contribution in [0.25, 0.3) is 0 Å². The second-order valence-electron chi connectivity index (χ2n) is 3.88. The number of nitrogens with zero attached hydrogens (tertiary/aromatic N) is 2. The van der Waals surface area contributed by atoms with Gasteiger partial charge < -0.3 is 20.7 Å². The van der Waals surface area contributed by atoms with Crippen LogP contribution in [0.3, 0.4) is 0 Å². The van der Waals surface area contributed by atoms with Gasteiger partial charge in [0, 0.05) is 26.7 Å². The molecule has 0 aliphatic carbocycles. The molecule has 17 heavy (non-hydrogen) atoms. The van der Waals surface area contributed by atoms with Crippen LogP contribution < -0.4 is 11.1 Å². The normalized spacial score (nSPS) is 11.2. The Morgan fingerprint density at radius 1 is 1.47 bits per heavy atom. The van der Waals surface area contributed by atoms with E-state index in [4.69, 9.17) is 10.5 Å². The van der Waals surface area contributed by atoms with E-state index in [1.165, 1.54) is 0 Å². The first-order valence-electron chi connectivity index (χ1n) is 5.42. The molecular formula is C11H25IN4O. The quantitative estimate of drug-likeness (QED) is 0.290. The molecule has 0 saturated carbocycles. The van der Waals surface area contributed by atoms with Gasteiger partial charge in [0.25, 0.3) is 0 Å². The number of hydrogen-bond donors (Lipinski definition) is 2. The molecule has 0 saturated heterocycles. The van der Waals surface area contributed by atoms with Gasteiger partial charge in [0.2, 0.25) is 0 Å². The molecule has 0 rings (SSSR count). The molecule has 0 aromatic carbocycles. The molecule has 6 heteroatoms. The minimum atomic E-state index is 0. The van der Waals surface area contributed by atoms with E-state index in [1.54, 1.807) is 7.11 Å². The van der Waals surface area contributed by atoms with Gasteiger partial charge in [0.15, 0.2) is 5.96 Å². The molecule has 0 aliphatic rings. The number of nitrogens with two attached hydrogens (primary N) is 1. The molecular weight excluding hydrogens is 331 g/mol. The highest BCUT2D eigenvalue weighted by Crippen LogP contribution is 1.86. The highest BCUT2D eigenvalue weighted by molar-refractivity contribution is 14.0. The van der Waals surface area contributed by atoms with Crippen molar-refractivity contribution in [3.63, 3.8) is 0 Å². The zero-order valence-electron chi connectivity index (χ0n) is 11.0. The van der Waals surface area contributed by atoms with Gasteiger partial charge in [-0.15, -0.1) is 24.0 Å². The third-order valence-corrected chi connectivity index (χ3v) is 2.00. The Hall–Kier alpha value is -0.340. The summed E-state index contributed by atoms with van der Waals surface area (Å²) in [5.41, 5.74) is 6.66. The fourth-order valence-corrected chi connectivity index (χ4v) is 1.01. The van der Waals surface area contributed by atoms with Gasteiger partial charge in [0.1, 0.15) is 0 Å². The molecule has 0 amide bonds. The summed E-state index contributed by atoms with van der Waals surface area (Å²) in [6.45, 7) is 9.62. The van der Waals surface area contributed by atoms with Crippen LogP contribution in [0.2, 0.25) is 0 Å². The van der Waals surface area contributed by atoms with Crippen LogP contribution in [-0.4, -0.2) is 57.8 Å². The minimum Gasteiger partial charge on any atom is -0.383 e. The van der Waals surface area contributed by atoms with Crippen LogP contribution >= 0.6 is 24.0 Å². The predicted molar refractivity (Wildman–Crippen MR) is 84.1 cm³/mol. The van der Waals surface area contributed by atoms with Crippen LogP contribution in [0.1, 0.15) is 6.92 Å². The second-order valence-corrected chi connectivity index (χ2v) is 3.88. The molecule has 0 fully saturated rings. The van der Waals surface area contributed by atoms with Gasteiger partial charge in [-0.05, 0) is 14.0 Å². The predicted octanol–water partition coefficient (Wildman–Crippen LogP) is 0.663. The summed E-state index contributed by atoms with van der Waals surface area (Å²) in [4.78, 5) is 6.29. The first kappa shape index (κ1) is 19.0. The van der Waals surface area contributed by atoms with E-state index >= 15 is 0 Å². The van der Waals surface area contributed by atoms with Gasteiger partial charge in [-0.1, -0.05) is 12.2 Å². The molecule has 0 heterocycles. The molecule has 3 N–H and O–H groups in total. The number of aliphatic imine (C=N–C) groups is 1. The van der Waals surface area contributed by atoms with E-state index in [2.05, 4.69) is 21.8 Å². The molecule has 0 bridgehead atoms. The third kappa shape index (κ3) is 13.6. The number of methoxy groups -OCH3 is 1. The molecule has 102 valence electrons. The van der Waals surface area contributed by atoms with Gasteiger partial charge in [0.05, 0.1) is 13.2 Å². The van der Waals surface area contributed by atoms with Crippen molar-refractivity contribution in [1.29, 1.82) is 0 Å². The first-order valence-corrected chi connectivity index (χ1v) is 5.42. The molecule has 0 atom stereocenters. The van der Waals surface area contributed by atoms with Crippen molar-refractivity contribution in [2.24, 2.45) is 10.7 Å². The Balaban J connectivity index is 0. The van der Waals surface area contributed by atoms with Gasteiger partial charge in [-0.25, -0.2) is 4.99 Å². The zero-order chi connectivity index (χ0) is 12.4. The number of nitrogens with one attached hydrogen (secondary N) is 1. The Morgan fingerprint density at radius 2 is 2.12 bits per heavy atom. The van der Waals surface area contributed by atoms with Crippen molar-refractivity contribution < 1.29 is 4.74 Å². The van der Waals surface area contributed by atoms with E-state index in [0.29, 0.717) is 12.5 Å². The van der Waals surface area contributed by atoms with Crippen molar-refractivity contribution in [2.45, 2.75) is 6.92 Å². The highest BCUT2D eigenvalue weighted by Gasteiger charge is 1.97. The Bertz CT molecular complexity index is 234. The van der Waals surface area contributed by atoms with E-state index in [1.807, 2.05) is 14.0 Å². The second kappa shape index (κ2) is 12.1. The molecule has 0 aromatic heterocycles. The smallest absolute Gasteiger partial charge is 0.188 e. The SMILES string of the molecule is C=C(C)CN=C(N)NCCN(C)CCOC.I. The number of likely N-dealkylation sites (N-methyl/N-ethyl adjacent to an activating group) is 1. The van der Waals surface area contributed by atoms with Crippen molar-refractivity contribution in [1.82, 2.24) is 10.2 Å². The number of ether oxygens (including phenoxy) is 1. The molecule has 0 unspecified atom stereocenters. The summed E-state index contributed by atoms with van der Waals surface area (Å²) in [6.07, 6.45) is 0. The van der Waals surface area contributed by atoms with E-state index in [0.717, 1.165) is 31.8 Å². The Kier molecular flexibility index (Phi) is 13.6. The molecule has 0 spiro atoms. The number of hydrogen-bond acceptors (Lipinski definition) is 3. The fraction of sp³-hybridized carbons (Fsp3) is 0.727. The van der Waals surface area contributed by atoms with E-state index in [9.17, 15) is 0 Å². The summed E-state index contributed by atoms with van der Waals surface area (Å²) < 4.78 is 4.98. The minimum absolute atomic E-state index is 0. The lowest BCUT2D eigenvalue weighted by atomic mass is 10.4. The summed E-state index contributed by atoms with van der Waals surface area (Å²) in [7, 11) is 3.75. The van der Waals surface area contributed by atoms with Gasteiger partial charge >= 0.3 is 0 Å². The number of guanidine groups is 1. The maximum absolute atomic E-state index is 5.66.